The second-order valence-electron chi connectivity index (χ2n) is 4.92. The molecule has 0 saturated carbocycles. The van der Waals surface area contributed by atoms with Gasteiger partial charge >= 0.3 is 5.97 Å². The van der Waals surface area contributed by atoms with Gasteiger partial charge in [0.2, 0.25) is 0 Å². The largest absolute Gasteiger partial charge is 0.464 e. The molecule has 0 spiro atoms. The maximum atomic E-state index is 12.3. The van der Waals surface area contributed by atoms with E-state index in [0.29, 0.717) is 11.1 Å². The highest BCUT2D eigenvalue weighted by Gasteiger charge is 2.31. The third-order valence-corrected chi connectivity index (χ3v) is 3.32. The summed E-state index contributed by atoms with van der Waals surface area (Å²) in [5.41, 5.74) is 0.931. The van der Waals surface area contributed by atoms with Gasteiger partial charge in [0.25, 0.3) is 5.91 Å². The Bertz CT molecular complexity index is 643. The number of esters is 1. The Labute approximate surface area is 134 Å². The van der Waals surface area contributed by atoms with E-state index in [9.17, 15) is 14.7 Å². The first-order valence-electron chi connectivity index (χ1n) is 7.39. The van der Waals surface area contributed by atoms with Gasteiger partial charge in [-0.1, -0.05) is 48.5 Å². The molecule has 2 rings (SSSR count). The Hall–Kier alpha value is -2.66. The number of carbonyl (C=O) groups excluding carboxylic acids is 2. The van der Waals surface area contributed by atoms with E-state index in [1.165, 1.54) is 0 Å². The average molecular weight is 313 g/mol. The number of hydrogen-bond acceptors (Lipinski definition) is 4. The smallest absolute Gasteiger partial charge is 0.331 e. The summed E-state index contributed by atoms with van der Waals surface area (Å²) in [7, 11) is 0. The number of hydrogen-bond donors (Lipinski definition) is 2. The molecule has 0 unspecified atom stereocenters. The third-order valence-electron chi connectivity index (χ3n) is 3.32. The quantitative estimate of drug-likeness (QED) is 0.801. The van der Waals surface area contributed by atoms with Crippen LogP contribution in [0.1, 0.15) is 28.9 Å². The lowest BCUT2D eigenvalue weighted by Crippen LogP contribution is -2.46. The first kappa shape index (κ1) is 16.7. The fraction of sp³-hybridized carbons (Fsp3) is 0.222. The van der Waals surface area contributed by atoms with Crippen molar-refractivity contribution in [2.24, 2.45) is 0 Å². The summed E-state index contributed by atoms with van der Waals surface area (Å²) >= 11 is 0. The molecule has 0 heterocycles. The van der Waals surface area contributed by atoms with Gasteiger partial charge in [-0.15, -0.1) is 0 Å². The van der Waals surface area contributed by atoms with Crippen molar-refractivity contribution in [3.05, 3.63) is 71.8 Å². The van der Waals surface area contributed by atoms with E-state index in [0.717, 1.165) is 0 Å². The topological polar surface area (TPSA) is 75.6 Å². The molecule has 0 aliphatic rings. The van der Waals surface area contributed by atoms with Crippen molar-refractivity contribution in [2.45, 2.75) is 19.1 Å². The molecule has 2 atom stereocenters. The molecule has 0 saturated heterocycles. The summed E-state index contributed by atoms with van der Waals surface area (Å²) in [6.45, 7) is 1.83. The lowest BCUT2D eigenvalue weighted by molar-refractivity contribution is -0.148. The predicted octanol–water partition coefficient (Wildman–Crippen LogP) is 2.08. The Morgan fingerprint density at radius 2 is 1.61 bits per heavy atom. The molecule has 0 aliphatic carbocycles. The summed E-state index contributed by atoms with van der Waals surface area (Å²) in [6, 6.07) is 16.0. The van der Waals surface area contributed by atoms with Crippen LogP contribution in [0.3, 0.4) is 0 Å². The van der Waals surface area contributed by atoms with E-state index in [1.807, 2.05) is 0 Å². The monoisotopic (exact) mass is 313 g/mol. The van der Waals surface area contributed by atoms with Gasteiger partial charge < -0.3 is 15.2 Å². The standard InChI is InChI=1S/C18H19NO4/c1-2-23-18(22)15(16(20)13-9-5-3-6-10-13)19-17(21)14-11-7-4-8-12-14/h3-12,15-16,20H,2H2,1H3,(H,19,21)/t15-,16+/m1/s1. The first-order chi connectivity index (χ1) is 11.1. The Balaban J connectivity index is 2.21. The Kier molecular flexibility index (Phi) is 5.88. The zero-order chi connectivity index (χ0) is 16.7. The molecule has 0 aromatic heterocycles. The zero-order valence-electron chi connectivity index (χ0n) is 12.8. The second-order valence-corrected chi connectivity index (χ2v) is 4.92. The molecular weight excluding hydrogens is 294 g/mol. The van der Waals surface area contributed by atoms with Crippen LogP contribution in [0.25, 0.3) is 0 Å². The summed E-state index contributed by atoms with van der Waals surface area (Å²) in [5.74, 6) is -1.12. The molecule has 0 fully saturated rings. The average Bonchev–Trinajstić information content (AvgIpc) is 2.60. The van der Waals surface area contributed by atoms with Crippen molar-refractivity contribution in [1.29, 1.82) is 0 Å². The maximum absolute atomic E-state index is 12.3. The van der Waals surface area contributed by atoms with E-state index >= 15 is 0 Å². The highest BCUT2D eigenvalue weighted by atomic mass is 16.5. The van der Waals surface area contributed by atoms with Crippen LogP contribution in [0.4, 0.5) is 0 Å². The van der Waals surface area contributed by atoms with Crippen LogP contribution in [0.15, 0.2) is 60.7 Å². The fourth-order valence-corrected chi connectivity index (χ4v) is 2.16. The number of benzene rings is 2. The van der Waals surface area contributed by atoms with Crippen molar-refractivity contribution in [2.75, 3.05) is 6.61 Å². The summed E-state index contributed by atoms with van der Waals surface area (Å²) < 4.78 is 4.97. The Morgan fingerprint density at radius 1 is 1.04 bits per heavy atom. The molecule has 5 nitrogen and oxygen atoms in total. The van der Waals surface area contributed by atoms with Crippen LogP contribution in [0.5, 0.6) is 0 Å². The minimum atomic E-state index is -1.19. The molecule has 120 valence electrons. The third kappa shape index (κ3) is 4.40. The maximum Gasteiger partial charge on any atom is 0.331 e. The predicted molar refractivity (Wildman–Crippen MR) is 85.7 cm³/mol. The minimum absolute atomic E-state index is 0.165. The van der Waals surface area contributed by atoms with Crippen LogP contribution in [-0.4, -0.2) is 29.6 Å². The molecule has 5 heteroatoms. The number of nitrogens with one attached hydrogen (secondary N) is 1. The number of carbonyl (C=O) groups is 2. The first-order valence-corrected chi connectivity index (χ1v) is 7.39. The van der Waals surface area contributed by atoms with Gasteiger partial charge in [-0.2, -0.15) is 0 Å². The molecule has 0 radical (unpaired) electrons. The molecule has 0 aliphatic heterocycles. The molecule has 23 heavy (non-hydrogen) atoms. The van der Waals surface area contributed by atoms with Gasteiger partial charge in [-0.3, -0.25) is 4.79 Å². The highest BCUT2D eigenvalue weighted by Crippen LogP contribution is 2.18. The minimum Gasteiger partial charge on any atom is -0.464 e. The van der Waals surface area contributed by atoms with E-state index < -0.39 is 24.0 Å². The van der Waals surface area contributed by atoms with Gasteiger partial charge in [0.05, 0.1) is 6.61 Å². The fourth-order valence-electron chi connectivity index (χ4n) is 2.16. The van der Waals surface area contributed by atoms with Gasteiger partial charge in [-0.05, 0) is 24.6 Å². The summed E-state index contributed by atoms with van der Waals surface area (Å²) in [6.07, 6.45) is -1.19. The molecule has 0 bridgehead atoms. The van der Waals surface area contributed by atoms with Gasteiger partial charge in [-0.25, -0.2) is 4.79 Å². The van der Waals surface area contributed by atoms with Crippen molar-refractivity contribution in [1.82, 2.24) is 5.32 Å². The van der Waals surface area contributed by atoms with E-state index in [-0.39, 0.29) is 6.61 Å². The zero-order valence-corrected chi connectivity index (χ0v) is 12.8. The highest BCUT2D eigenvalue weighted by molar-refractivity contribution is 5.96. The van der Waals surface area contributed by atoms with E-state index in [4.69, 9.17) is 4.74 Å². The second kappa shape index (κ2) is 8.10. The Morgan fingerprint density at radius 3 is 2.17 bits per heavy atom. The van der Waals surface area contributed by atoms with Crippen LogP contribution in [0, 0.1) is 0 Å². The van der Waals surface area contributed by atoms with Gasteiger partial charge in [0, 0.05) is 5.56 Å². The molecule has 1 amide bonds. The van der Waals surface area contributed by atoms with Crippen molar-refractivity contribution >= 4 is 11.9 Å². The lowest BCUT2D eigenvalue weighted by Gasteiger charge is -2.22. The van der Waals surface area contributed by atoms with E-state index in [2.05, 4.69) is 5.32 Å². The molecule has 2 aromatic carbocycles. The number of amides is 1. The van der Waals surface area contributed by atoms with Gasteiger partial charge in [0.15, 0.2) is 6.04 Å². The SMILES string of the molecule is CCOC(=O)[C@H](NC(=O)c1ccccc1)[C@@H](O)c1ccccc1. The van der Waals surface area contributed by atoms with Gasteiger partial charge in [0.1, 0.15) is 6.10 Å². The number of ether oxygens (including phenoxy) is 1. The van der Waals surface area contributed by atoms with Crippen LogP contribution in [0.2, 0.25) is 0 Å². The molecule has 2 N–H and O–H groups in total. The summed E-state index contributed by atoms with van der Waals surface area (Å²) in [5, 5.41) is 13.0. The normalized spacial score (nSPS) is 13.0. The summed E-state index contributed by atoms with van der Waals surface area (Å²) in [4.78, 5) is 24.4. The number of aliphatic hydroxyl groups excluding tert-OH is 1. The number of aliphatic hydroxyl groups is 1. The van der Waals surface area contributed by atoms with Crippen molar-refractivity contribution in [3.8, 4) is 0 Å². The molecular formula is C18H19NO4. The van der Waals surface area contributed by atoms with Crippen LogP contribution >= 0.6 is 0 Å². The molecule has 2 aromatic rings. The van der Waals surface area contributed by atoms with E-state index in [1.54, 1.807) is 67.6 Å². The van der Waals surface area contributed by atoms with Crippen LogP contribution in [-0.2, 0) is 9.53 Å². The van der Waals surface area contributed by atoms with Crippen molar-refractivity contribution < 1.29 is 19.4 Å². The number of rotatable bonds is 6. The van der Waals surface area contributed by atoms with Crippen LogP contribution < -0.4 is 5.32 Å². The lowest BCUT2D eigenvalue weighted by atomic mass is 10.0. The van der Waals surface area contributed by atoms with Crippen molar-refractivity contribution in [3.63, 3.8) is 0 Å².